The Labute approximate surface area is 116 Å². The van der Waals surface area contributed by atoms with Gasteiger partial charge in [-0.05, 0) is 6.07 Å². The third-order valence-electron chi connectivity index (χ3n) is 2.28. The number of pyridine rings is 1. The van der Waals surface area contributed by atoms with Gasteiger partial charge in [0.1, 0.15) is 17.2 Å². The van der Waals surface area contributed by atoms with Crippen molar-refractivity contribution in [2.45, 2.75) is 17.0 Å². The monoisotopic (exact) mass is 308 g/mol. The number of hydrogen-bond acceptors (Lipinski definition) is 4. The lowest BCUT2D eigenvalue weighted by molar-refractivity contribution is -0.137. The summed E-state index contributed by atoms with van der Waals surface area (Å²) in [5, 5.41) is 4.19. The molecule has 0 bridgehead atoms. The minimum absolute atomic E-state index is 0.0259. The van der Waals surface area contributed by atoms with Gasteiger partial charge in [-0.25, -0.2) is 9.97 Å². The van der Waals surface area contributed by atoms with Crippen LogP contribution in [-0.4, -0.2) is 19.7 Å². The maximum absolute atomic E-state index is 12.4. The highest BCUT2D eigenvalue weighted by molar-refractivity contribution is 7.98. The molecule has 0 N–H and O–H groups in total. The van der Waals surface area contributed by atoms with E-state index in [0.717, 1.165) is 12.3 Å². The quantitative estimate of drug-likeness (QED) is 0.817. The van der Waals surface area contributed by atoms with E-state index in [4.69, 9.17) is 11.6 Å². The molecule has 2 rings (SSSR count). The zero-order chi connectivity index (χ0) is 14.0. The van der Waals surface area contributed by atoms with E-state index < -0.39 is 11.7 Å². The Bertz CT molecular complexity index is 584. The van der Waals surface area contributed by atoms with Crippen molar-refractivity contribution in [3.63, 3.8) is 0 Å². The zero-order valence-corrected chi connectivity index (χ0v) is 11.2. The molecular weight excluding hydrogens is 301 g/mol. The van der Waals surface area contributed by atoms with Gasteiger partial charge in [0.2, 0.25) is 0 Å². The highest BCUT2D eigenvalue weighted by atomic mass is 35.5. The van der Waals surface area contributed by atoms with E-state index in [1.54, 1.807) is 11.7 Å². The topological polar surface area (TPSA) is 43.6 Å². The Morgan fingerprint density at radius 1 is 1.37 bits per heavy atom. The highest BCUT2D eigenvalue weighted by Crippen LogP contribution is 2.34. The number of aryl methyl sites for hydroxylation is 1. The first-order valence-electron chi connectivity index (χ1n) is 5.06. The molecule has 0 spiro atoms. The molecule has 0 amide bonds. The average Bonchev–Trinajstić information content (AvgIpc) is 2.72. The second kappa shape index (κ2) is 5.38. The van der Waals surface area contributed by atoms with Gasteiger partial charge in [-0.15, -0.1) is 0 Å². The lowest BCUT2D eigenvalue weighted by Gasteiger charge is -2.08. The summed E-state index contributed by atoms with van der Waals surface area (Å²) in [5.41, 5.74) is -0.861. The molecule has 19 heavy (non-hydrogen) atoms. The first-order chi connectivity index (χ1) is 8.88. The molecule has 0 aliphatic heterocycles. The van der Waals surface area contributed by atoms with Crippen LogP contribution in [0, 0.1) is 0 Å². The van der Waals surface area contributed by atoms with E-state index in [0.29, 0.717) is 16.6 Å². The van der Waals surface area contributed by atoms with E-state index in [-0.39, 0.29) is 5.02 Å². The van der Waals surface area contributed by atoms with Crippen molar-refractivity contribution in [2.24, 2.45) is 7.05 Å². The number of nitrogens with zero attached hydrogens (tertiary/aromatic N) is 4. The van der Waals surface area contributed by atoms with Crippen molar-refractivity contribution in [1.29, 1.82) is 0 Å². The Kier molecular flexibility index (Phi) is 4.00. The van der Waals surface area contributed by atoms with Crippen LogP contribution in [0.25, 0.3) is 0 Å². The summed E-state index contributed by atoms with van der Waals surface area (Å²) in [6.07, 6.45) is -2.27. The van der Waals surface area contributed by atoms with Gasteiger partial charge >= 0.3 is 6.18 Å². The number of thioether (sulfide) groups is 1. The Balaban J connectivity index is 2.12. The molecular formula is C10H8ClF3N4S. The van der Waals surface area contributed by atoms with E-state index in [2.05, 4.69) is 15.1 Å². The van der Waals surface area contributed by atoms with Gasteiger partial charge in [0.05, 0.1) is 16.3 Å². The van der Waals surface area contributed by atoms with Gasteiger partial charge in [0.25, 0.3) is 0 Å². The molecule has 2 aromatic rings. The molecule has 2 heterocycles. The van der Waals surface area contributed by atoms with Crippen LogP contribution in [0.5, 0.6) is 0 Å². The van der Waals surface area contributed by atoms with Crippen molar-refractivity contribution < 1.29 is 13.2 Å². The Hall–Kier alpha value is -1.28. The van der Waals surface area contributed by atoms with Gasteiger partial charge in [0.15, 0.2) is 0 Å². The fourth-order valence-corrected chi connectivity index (χ4v) is 2.45. The molecule has 102 valence electrons. The standard InChI is InChI=1S/C10H8ClF3N4S/c1-18-8(16-5-17-18)4-19-9-7(11)2-6(3-15-9)10(12,13)14/h2-3,5H,4H2,1H3. The molecule has 0 aliphatic rings. The van der Waals surface area contributed by atoms with Crippen LogP contribution < -0.4 is 0 Å². The number of rotatable bonds is 3. The molecule has 0 atom stereocenters. The third kappa shape index (κ3) is 3.38. The first-order valence-corrected chi connectivity index (χ1v) is 6.42. The molecule has 0 aliphatic carbocycles. The maximum atomic E-state index is 12.4. The summed E-state index contributed by atoms with van der Waals surface area (Å²) in [7, 11) is 1.73. The Morgan fingerprint density at radius 3 is 2.63 bits per heavy atom. The lowest BCUT2D eigenvalue weighted by atomic mass is 10.3. The van der Waals surface area contributed by atoms with Gasteiger partial charge in [0, 0.05) is 13.2 Å². The fraction of sp³-hybridized carbons (Fsp3) is 0.300. The summed E-state index contributed by atoms with van der Waals surface area (Å²) < 4.78 is 38.9. The van der Waals surface area contributed by atoms with Crippen LogP contribution in [0.3, 0.4) is 0 Å². The molecule has 0 radical (unpaired) electrons. The van der Waals surface area contributed by atoms with Crippen molar-refractivity contribution >= 4 is 23.4 Å². The minimum Gasteiger partial charge on any atom is -0.252 e. The first kappa shape index (κ1) is 14.1. The Morgan fingerprint density at radius 2 is 2.11 bits per heavy atom. The van der Waals surface area contributed by atoms with Gasteiger partial charge in [-0.2, -0.15) is 18.3 Å². The van der Waals surface area contributed by atoms with Crippen LogP contribution in [0.4, 0.5) is 13.2 Å². The van der Waals surface area contributed by atoms with Crippen LogP contribution in [0.2, 0.25) is 5.02 Å². The van der Waals surface area contributed by atoms with Crippen LogP contribution in [-0.2, 0) is 19.0 Å². The molecule has 0 unspecified atom stereocenters. The van der Waals surface area contributed by atoms with E-state index in [9.17, 15) is 13.2 Å². The van der Waals surface area contributed by atoms with Crippen LogP contribution in [0.1, 0.15) is 11.4 Å². The summed E-state index contributed by atoms with van der Waals surface area (Å²) in [6.45, 7) is 0. The van der Waals surface area contributed by atoms with E-state index >= 15 is 0 Å². The molecule has 0 fully saturated rings. The van der Waals surface area contributed by atoms with Crippen LogP contribution >= 0.6 is 23.4 Å². The molecule has 0 saturated carbocycles. The summed E-state index contributed by atoms with van der Waals surface area (Å²) in [4.78, 5) is 7.72. The number of halogens is 4. The number of alkyl halides is 3. The molecule has 0 saturated heterocycles. The second-order valence-corrected chi connectivity index (χ2v) is 4.97. The van der Waals surface area contributed by atoms with Crippen LogP contribution in [0.15, 0.2) is 23.6 Å². The molecule has 4 nitrogen and oxygen atoms in total. The normalized spacial score (nSPS) is 11.8. The largest absolute Gasteiger partial charge is 0.417 e. The smallest absolute Gasteiger partial charge is 0.252 e. The fourth-order valence-electron chi connectivity index (χ4n) is 1.27. The van der Waals surface area contributed by atoms with Gasteiger partial charge < -0.3 is 0 Å². The van der Waals surface area contributed by atoms with E-state index in [1.165, 1.54) is 18.1 Å². The summed E-state index contributed by atoms with van der Waals surface area (Å²) >= 11 is 6.99. The van der Waals surface area contributed by atoms with Crippen molar-refractivity contribution in [3.05, 3.63) is 35.0 Å². The lowest BCUT2D eigenvalue weighted by Crippen LogP contribution is -2.05. The second-order valence-electron chi connectivity index (χ2n) is 3.60. The van der Waals surface area contributed by atoms with Crippen molar-refractivity contribution in [3.8, 4) is 0 Å². The third-order valence-corrected chi connectivity index (χ3v) is 3.68. The van der Waals surface area contributed by atoms with Gasteiger partial charge in [-0.1, -0.05) is 23.4 Å². The number of aromatic nitrogens is 4. The van der Waals surface area contributed by atoms with Crippen molar-refractivity contribution in [2.75, 3.05) is 0 Å². The maximum Gasteiger partial charge on any atom is 0.417 e. The zero-order valence-electron chi connectivity index (χ0n) is 9.65. The highest BCUT2D eigenvalue weighted by Gasteiger charge is 2.31. The number of hydrogen-bond donors (Lipinski definition) is 0. The molecule has 0 aromatic carbocycles. The minimum atomic E-state index is -4.44. The molecule has 9 heteroatoms. The van der Waals surface area contributed by atoms with Gasteiger partial charge in [-0.3, -0.25) is 4.68 Å². The average molecular weight is 309 g/mol. The summed E-state index contributed by atoms with van der Waals surface area (Å²) in [5.74, 6) is 1.11. The van der Waals surface area contributed by atoms with E-state index in [1.807, 2.05) is 0 Å². The van der Waals surface area contributed by atoms with Crippen molar-refractivity contribution in [1.82, 2.24) is 19.7 Å². The predicted molar refractivity (Wildman–Crippen MR) is 64.8 cm³/mol. The SMILES string of the molecule is Cn1ncnc1CSc1ncc(C(F)(F)F)cc1Cl. The predicted octanol–water partition coefficient (Wildman–Crippen LogP) is 3.17. The molecule has 2 aromatic heterocycles. The summed E-state index contributed by atoms with van der Waals surface area (Å²) in [6, 6.07) is 0.869.